The second-order valence-corrected chi connectivity index (χ2v) is 6.43. The molecule has 4 heteroatoms. The molecule has 0 bridgehead atoms. The lowest BCUT2D eigenvalue weighted by atomic mass is 9.73. The highest BCUT2D eigenvalue weighted by Crippen LogP contribution is 2.35. The largest absolute Gasteiger partial charge is 0.349 e. The van der Waals surface area contributed by atoms with Gasteiger partial charge >= 0.3 is 0 Å². The third-order valence-electron chi connectivity index (χ3n) is 4.52. The van der Waals surface area contributed by atoms with Crippen LogP contribution in [-0.4, -0.2) is 22.1 Å². The van der Waals surface area contributed by atoms with Gasteiger partial charge in [0.15, 0.2) is 0 Å². The Balaban J connectivity index is 1.78. The zero-order chi connectivity index (χ0) is 14.2. The van der Waals surface area contributed by atoms with Crippen LogP contribution in [-0.2, 0) is 0 Å². The van der Waals surface area contributed by atoms with E-state index in [0.29, 0.717) is 5.56 Å². The van der Waals surface area contributed by atoms with Crippen LogP contribution >= 0.6 is 0 Å². The van der Waals surface area contributed by atoms with Crippen molar-refractivity contribution >= 4 is 16.8 Å². The first-order chi connectivity index (χ1) is 9.56. The van der Waals surface area contributed by atoms with Gasteiger partial charge in [0.1, 0.15) is 0 Å². The van der Waals surface area contributed by atoms with Gasteiger partial charge in [0, 0.05) is 17.0 Å². The minimum atomic E-state index is 0.0153. The van der Waals surface area contributed by atoms with Crippen LogP contribution in [0.25, 0.3) is 10.9 Å². The standard InChI is InChI=1S/C16H21N3O/c1-16(2)8-4-3-5-14(16)18-15(20)11-6-7-12-10-17-19-13(12)9-11/h6-7,9-10,14H,3-5,8H2,1-2H3,(H,17,19)(H,18,20). The summed E-state index contributed by atoms with van der Waals surface area (Å²) in [6, 6.07) is 5.93. The number of fused-ring (bicyclic) bond motifs is 1. The van der Waals surface area contributed by atoms with Crippen LogP contribution in [0.15, 0.2) is 24.4 Å². The molecule has 1 fully saturated rings. The van der Waals surface area contributed by atoms with Crippen molar-refractivity contribution in [2.75, 3.05) is 0 Å². The highest BCUT2D eigenvalue weighted by molar-refractivity contribution is 5.97. The average Bonchev–Trinajstić information content (AvgIpc) is 2.88. The molecule has 1 atom stereocenters. The van der Waals surface area contributed by atoms with E-state index in [1.807, 2.05) is 18.2 Å². The lowest BCUT2D eigenvalue weighted by Gasteiger charge is -2.39. The van der Waals surface area contributed by atoms with E-state index in [0.717, 1.165) is 17.3 Å². The zero-order valence-corrected chi connectivity index (χ0v) is 12.1. The molecule has 4 nitrogen and oxygen atoms in total. The number of carbonyl (C=O) groups excluding carboxylic acids is 1. The summed E-state index contributed by atoms with van der Waals surface area (Å²) in [5.41, 5.74) is 1.79. The number of nitrogens with one attached hydrogen (secondary N) is 2. The quantitative estimate of drug-likeness (QED) is 0.880. The first kappa shape index (κ1) is 13.2. The van der Waals surface area contributed by atoms with E-state index < -0.39 is 0 Å². The molecule has 2 aromatic rings. The number of nitrogens with zero attached hydrogens (tertiary/aromatic N) is 1. The molecule has 0 spiro atoms. The van der Waals surface area contributed by atoms with E-state index in [1.165, 1.54) is 19.3 Å². The van der Waals surface area contributed by atoms with Crippen LogP contribution in [0, 0.1) is 5.41 Å². The Morgan fingerprint density at radius 1 is 1.40 bits per heavy atom. The van der Waals surface area contributed by atoms with Gasteiger partial charge in [-0.2, -0.15) is 5.10 Å². The lowest BCUT2D eigenvalue weighted by molar-refractivity contribution is 0.0853. The summed E-state index contributed by atoms with van der Waals surface area (Å²) in [5.74, 6) is 0.0153. The summed E-state index contributed by atoms with van der Waals surface area (Å²) >= 11 is 0. The molecule has 1 heterocycles. The van der Waals surface area contributed by atoms with Crippen LogP contribution in [0.5, 0.6) is 0 Å². The number of carbonyl (C=O) groups is 1. The van der Waals surface area contributed by atoms with E-state index in [-0.39, 0.29) is 17.4 Å². The maximum absolute atomic E-state index is 12.4. The van der Waals surface area contributed by atoms with Crippen molar-refractivity contribution in [3.05, 3.63) is 30.0 Å². The molecule has 1 unspecified atom stereocenters. The fourth-order valence-electron chi connectivity index (χ4n) is 3.08. The monoisotopic (exact) mass is 271 g/mol. The maximum atomic E-state index is 12.4. The van der Waals surface area contributed by atoms with E-state index >= 15 is 0 Å². The van der Waals surface area contributed by atoms with Gasteiger partial charge < -0.3 is 5.32 Å². The number of aromatic nitrogens is 2. The Kier molecular flexibility index (Phi) is 3.24. The van der Waals surface area contributed by atoms with Crippen LogP contribution in [0.2, 0.25) is 0 Å². The van der Waals surface area contributed by atoms with Gasteiger partial charge in [-0.05, 0) is 30.4 Å². The highest BCUT2D eigenvalue weighted by Gasteiger charge is 2.33. The van der Waals surface area contributed by atoms with E-state index in [4.69, 9.17) is 0 Å². The summed E-state index contributed by atoms with van der Waals surface area (Å²) in [4.78, 5) is 12.4. The molecule has 106 valence electrons. The molecule has 1 amide bonds. The first-order valence-electron chi connectivity index (χ1n) is 7.30. The second kappa shape index (κ2) is 4.93. The molecule has 1 saturated carbocycles. The first-order valence-corrected chi connectivity index (χ1v) is 7.30. The zero-order valence-electron chi connectivity index (χ0n) is 12.1. The summed E-state index contributed by atoms with van der Waals surface area (Å²) in [5, 5.41) is 11.1. The Labute approximate surface area is 119 Å². The fraction of sp³-hybridized carbons (Fsp3) is 0.500. The van der Waals surface area contributed by atoms with Gasteiger partial charge in [0.05, 0.1) is 11.7 Å². The van der Waals surface area contributed by atoms with Crippen LogP contribution < -0.4 is 5.32 Å². The molecule has 1 aromatic heterocycles. The smallest absolute Gasteiger partial charge is 0.251 e. The predicted molar refractivity (Wildman–Crippen MR) is 79.6 cm³/mol. The van der Waals surface area contributed by atoms with Crippen molar-refractivity contribution < 1.29 is 4.79 Å². The average molecular weight is 271 g/mol. The van der Waals surface area contributed by atoms with Crippen molar-refractivity contribution in [1.82, 2.24) is 15.5 Å². The highest BCUT2D eigenvalue weighted by atomic mass is 16.1. The number of rotatable bonds is 2. The number of H-pyrrole nitrogens is 1. The molecular weight excluding hydrogens is 250 g/mol. The van der Waals surface area contributed by atoms with Gasteiger partial charge in [-0.3, -0.25) is 9.89 Å². The van der Waals surface area contributed by atoms with Crippen molar-refractivity contribution in [3.63, 3.8) is 0 Å². The molecular formula is C16H21N3O. The molecule has 0 aliphatic heterocycles. The number of aromatic amines is 1. The van der Waals surface area contributed by atoms with Gasteiger partial charge in [0.25, 0.3) is 5.91 Å². The lowest BCUT2D eigenvalue weighted by Crippen LogP contribution is -2.46. The minimum Gasteiger partial charge on any atom is -0.349 e. The summed E-state index contributed by atoms with van der Waals surface area (Å²) in [6.07, 6.45) is 6.48. The maximum Gasteiger partial charge on any atom is 0.251 e. The van der Waals surface area contributed by atoms with Crippen LogP contribution in [0.4, 0.5) is 0 Å². The number of benzene rings is 1. The molecule has 2 N–H and O–H groups in total. The number of amides is 1. The molecule has 20 heavy (non-hydrogen) atoms. The van der Waals surface area contributed by atoms with Gasteiger partial charge in [0.2, 0.25) is 0 Å². The molecule has 1 aliphatic rings. The van der Waals surface area contributed by atoms with Crippen molar-refractivity contribution in [3.8, 4) is 0 Å². The predicted octanol–water partition coefficient (Wildman–Crippen LogP) is 3.26. The van der Waals surface area contributed by atoms with Crippen molar-refractivity contribution in [1.29, 1.82) is 0 Å². The second-order valence-electron chi connectivity index (χ2n) is 6.43. The Morgan fingerprint density at radius 2 is 2.25 bits per heavy atom. The van der Waals surface area contributed by atoms with E-state index in [9.17, 15) is 4.79 Å². The van der Waals surface area contributed by atoms with Crippen LogP contribution in [0.3, 0.4) is 0 Å². The SMILES string of the molecule is CC1(C)CCCCC1NC(=O)c1ccc2cn[nH]c2c1. The molecule has 0 saturated heterocycles. The third kappa shape index (κ3) is 2.42. The summed E-state index contributed by atoms with van der Waals surface area (Å²) in [7, 11) is 0. The molecule has 3 rings (SSSR count). The summed E-state index contributed by atoms with van der Waals surface area (Å²) in [6.45, 7) is 4.49. The van der Waals surface area contributed by atoms with Gasteiger partial charge in [-0.25, -0.2) is 0 Å². The van der Waals surface area contributed by atoms with Gasteiger partial charge in [-0.15, -0.1) is 0 Å². The van der Waals surface area contributed by atoms with E-state index in [1.54, 1.807) is 6.20 Å². The molecule has 0 radical (unpaired) electrons. The van der Waals surface area contributed by atoms with Crippen molar-refractivity contribution in [2.45, 2.75) is 45.6 Å². The number of hydrogen-bond acceptors (Lipinski definition) is 2. The molecule has 1 aromatic carbocycles. The Morgan fingerprint density at radius 3 is 3.05 bits per heavy atom. The summed E-state index contributed by atoms with van der Waals surface area (Å²) < 4.78 is 0. The third-order valence-corrected chi connectivity index (χ3v) is 4.52. The Bertz CT molecular complexity index is 629. The molecule has 1 aliphatic carbocycles. The van der Waals surface area contributed by atoms with E-state index in [2.05, 4.69) is 29.4 Å². The van der Waals surface area contributed by atoms with Gasteiger partial charge in [-0.1, -0.05) is 32.8 Å². The van der Waals surface area contributed by atoms with Crippen LogP contribution in [0.1, 0.15) is 49.9 Å². The Hall–Kier alpha value is -1.84. The topological polar surface area (TPSA) is 57.8 Å². The number of hydrogen-bond donors (Lipinski definition) is 2. The minimum absolute atomic E-state index is 0.0153. The van der Waals surface area contributed by atoms with Crippen molar-refractivity contribution in [2.24, 2.45) is 5.41 Å². The fourth-order valence-corrected chi connectivity index (χ4v) is 3.08. The normalized spacial score (nSPS) is 21.8.